The minimum atomic E-state index is -0.620. The lowest BCUT2D eigenvalue weighted by Crippen LogP contribution is -2.32. The number of aryl methyl sites for hydroxylation is 1. The van der Waals surface area contributed by atoms with E-state index in [1.165, 1.54) is 0 Å². The first-order valence-corrected chi connectivity index (χ1v) is 6.62. The molecule has 1 atom stereocenters. The van der Waals surface area contributed by atoms with Gasteiger partial charge in [0.15, 0.2) is 11.9 Å². The number of ether oxygens (including phenoxy) is 1. The van der Waals surface area contributed by atoms with Crippen molar-refractivity contribution in [1.82, 2.24) is 5.16 Å². The predicted octanol–water partition coefficient (Wildman–Crippen LogP) is 3.43. The number of halogens is 1. The van der Waals surface area contributed by atoms with Gasteiger partial charge in [0.1, 0.15) is 11.5 Å². The molecule has 0 aliphatic rings. The summed E-state index contributed by atoms with van der Waals surface area (Å²) in [5.74, 6) is 1.28. The van der Waals surface area contributed by atoms with Crippen molar-refractivity contribution in [3.63, 3.8) is 0 Å². The Bertz CT molecular complexity index is 598. The molecule has 0 spiro atoms. The van der Waals surface area contributed by atoms with Crippen LogP contribution in [0.1, 0.15) is 19.1 Å². The number of anilines is 1. The number of amides is 1. The topological polar surface area (TPSA) is 64.4 Å². The molecular weight excluding hydrogens is 280 g/mol. The van der Waals surface area contributed by atoms with Crippen LogP contribution in [0.15, 0.2) is 34.9 Å². The van der Waals surface area contributed by atoms with Gasteiger partial charge in [-0.3, -0.25) is 4.79 Å². The van der Waals surface area contributed by atoms with Crippen molar-refractivity contribution in [3.05, 3.63) is 41.1 Å². The zero-order chi connectivity index (χ0) is 14.5. The van der Waals surface area contributed by atoms with Crippen LogP contribution < -0.4 is 10.1 Å². The number of carbonyl (C=O) groups is 1. The van der Waals surface area contributed by atoms with Gasteiger partial charge in [0.05, 0.1) is 0 Å². The molecule has 1 aromatic heterocycles. The lowest BCUT2D eigenvalue weighted by atomic mass is 10.2. The molecule has 2 rings (SSSR count). The van der Waals surface area contributed by atoms with E-state index in [-0.39, 0.29) is 5.91 Å². The van der Waals surface area contributed by atoms with Crippen LogP contribution in [0.3, 0.4) is 0 Å². The minimum Gasteiger partial charge on any atom is -0.481 e. The highest BCUT2D eigenvalue weighted by Crippen LogP contribution is 2.19. The fraction of sp³-hybridized carbons (Fsp3) is 0.286. The Morgan fingerprint density at radius 3 is 2.90 bits per heavy atom. The van der Waals surface area contributed by atoms with Crippen LogP contribution in [0.5, 0.6) is 5.75 Å². The van der Waals surface area contributed by atoms with E-state index < -0.39 is 6.10 Å². The summed E-state index contributed by atoms with van der Waals surface area (Å²) in [5.41, 5.74) is 0. The lowest BCUT2D eigenvalue weighted by molar-refractivity contribution is -0.122. The molecule has 0 aliphatic carbocycles. The van der Waals surface area contributed by atoms with E-state index in [2.05, 4.69) is 10.5 Å². The van der Waals surface area contributed by atoms with E-state index in [4.69, 9.17) is 20.9 Å². The summed E-state index contributed by atoms with van der Waals surface area (Å²) in [6, 6.07) is 8.57. The third-order valence-corrected chi connectivity index (χ3v) is 2.85. The maximum absolute atomic E-state index is 12.1. The molecule has 0 radical (unpaired) electrons. The molecule has 0 bridgehead atoms. The molecule has 6 heteroatoms. The largest absolute Gasteiger partial charge is 0.481 e. The van der Waals surface area contributed by atoms with E-state index in [1.54, 1.807) is 37.3 Å². The summed E-state index contributed by atoms with van der Waals surface area (Å²) in [7, 11) is 0. The van der Waals surface area contributed by atoms with Gasteiger partial charge in [-0.2, -0.15) is 0 Å². The molecule has 20 heavy (non-hydrogen) atoms. The zero-order valence-corrected chi connectivity index (χ0v) is 12.0. The monoisotopic (exact) mass is 294 g/mol. The number of benzene rings is 1. The molecule has 0 unspecified atom stereocenters. The van der Waals surface area contributed by atoms with E-state index in [9.17, 15) is 4.79 Å². The molecule has 1 N–H and O–H groups in total. The summed E-state index contributed by atoms with van der Waals surface area (Å²) in [6.07, 6.45) is -0.0969. The van der Waals surface area contributed by atoms with Crippen LogP contribution in [-0.2, 0) is 4.79 Å². The summed E-state index contributed by atoms with van der Waals surface area (Å²) in [4.78, 5) is 12.1. The van der Waals surface area contributed by atoms with Crippen molar-refractivity contribution in [1.29, 1.82) is 0 Å². The van der Waals surface area contributed by atoms with Crippen LogP contribution >= 0.6 is 11.6 Å². The van der Waals surface area contributed by atoms with Gasteiger partial charge in [-0.1, -0.05) is 29.7 Å². The molecule has 2 aromatic rings. The smallest absolute Gasteiger partial charge is 0.266 e. The second-order valence-electron chi connectivity index (χ2n) is 4.28. The van der Waals surface area contributed by atoms with Gasteiger partial charge >= 0.3 is 0 Å². The molecule has 0 fully saturated rings. The second kappa shape index (κ2) is 6.43. The van der Waals surface area contributed by atoms with Crippen LogP contribution in [-0.4, -0.2) is 17.2 Å². The standard InChI is InChI=1S/C14H15ClN2O3/c1-3-12(19-11-6-4-5-10(15)8-11)14(18)16-13-7-9(2)20-17-13/h4-8,12H,3H2,1-2H3,(H,16,17,18)/t12-/m0/s1. The van der Waals surface area contributed by atoms with E-state index in [1.807, 2.05) is 6.92 Å². The first-order chi connectivity index (χ1) is 9.58. The summed E-state index contributed by atoms with van der Waals surface area (Å²) >= 11 is 5.88. The Labute approximate surface area is 121 Å². The second-order valence-corrected chi connectivity index (χ2v) is 4.72. The van der Waals surface area contributed by atoms with Gasteiger partial charge in [-0.15, -0.1) is 0 Å². The zero-order valence-electron chi connectivity index (χ0n) is 11.2. The maximum atomic E-state index is 12.1. The molecule has 1 heterocycles. The average Bonchev–Trinajstić information content (AvgIpc) is 2.81. The third-order valence-electron chi connectivity index (χ3n) is 2.62. The number of nitrogens with zero attached hydrogens (tertiary/aromatic N) is 1. The molecule has 0 saturated carbocycles. The quantitative estimate of drug-likeness (QED) is 0.917. The van der Waals surface area contributed by atoms with Crippen molar-refractivity contribution < 1.29 is 14.1 Å². The Balaban J connectivity index is 2.02. The predicted molar refractivity (Wildman–Crippen MR) is 76.0 cm³/mol. The minimum absolute atomic E-state index is 0.277. The molecule has 1 amide bonds. The molecule has 106 valence electrons. The van der Waals surface area contributed by atoms with Gasteiger partial charge in [0.2, 0.25) is 0 Å². The van der Waals surface area contributed by atoms with Gasteiger partial charge in [0, 0.05) is 11.1 Å². The van der Waals surface area contributed by atoms with Crippen molar-refractivity contribution in [2.45, 2.75) is 26.4 Å². The van der Waals surface area contributed by atoms with Crippen molar-refractivity contribution in [2.24, 2.45) is 0 Å². The normalized spacial score (nSPS) is 11.9. The summed E-state index contributed by atoms with van der Waals surface area (Å²) < 4.78 is 10.5. The summed E-state index contributed by atoms with van der Waals surface area (Å²) in [5, 5.41) is 6.92. The third kappa shape index (κ3) is 3.74. The number of hydrogen-bond acceptors (Lipinski definition) is 4. The van der Waals surface area contributed by atoms with E-state index in [0.29, 0.717) is 28.8 Å². The van der Waals surface area contributed by atoms with Crippen molar-refractivity contribution >= 4 is 23.3 Å². The molecule has 0 saturated heterocycles. The first-order valence-electron chi connectivity index (χ1n) is 6.25. The highest BCUT2D eigenvalue weighted by molar-refractivity contribution is 6.30. The number of nitrogens with one attached hydrogen (secondary N) is 1. The molecule has 1 aromatic carbocycles. The fourth-order valence-electron chi connectivity index (χ4n) is 1.66. The van der Waals surface area contributed by atoms with E-state index in [0.717, 1.165) is 0 Å². The number of aromatic nitrogens is 1. The van der Waals surface area contributed by atoms with Crippen LogP contribution in [0.4, 0.5) is 5.82 Å². The fourth-order valence-corrected chi connectivity index (χ4v) is 1.84. The van der Waals surface area contributed by atoms with Crippen LogP contribution in [0.2, 0.25) is 5.02 Å². The number of carbonyl (C=O) groups excluding carboxylic acids is 1. The Morgan fingerprint density at radius 1 is 1.50 bits per heavy atom. The average molecular weight is 295 g/mol. The Morgan fingerprint density at radius 2 is 2.30 bits per heavy atom. The Hall–Kier alpha value is -2.01. The Kier molecular flexibility index (Phi) is 4.63. The number of rotatable bonds is 5. The van der Waals surface area contributed by atoms with Gasteiger partial charge in [0.25, 0.3) is 5.91 Å². The molecule has 0 aliphatic heterocycles. The van der Waals surface area contributed by atoms with Crippen molar-refractivity contribution in [2.75, 3.05) is 5.32 Å². The SMILES string of the molecule is CC[C@H](Oc1cccc(Cl)c1)C(=O)Nc1cc(C)on1. The molecular formula is C14H15ClN2O3. The van der Waals surface area contributed by atoms with Gasteiger partial charge in [-0.25, -0.2) is 0 Å². The summed E-state index contributed by atoms with van der Waals surface area (Å²) in [6.45, 7) is 3.62. The van der Waals surface area contributed by atoms with Gasteiger partial charge < -0.3 is 14.6 Å². The van der Waals surface area contributed by atoms with Crippen LogP contribution in [0.25, 0.3) is 0 Å². The van der Waals surface area contributed by atoms with Crippen molar-refractivity contribution in [3.8, 4) is 5.75 Å². The first kappa shape index (κ1) is 14.4. The maximum Gasteiger partial charge on any atom is 0.266 e. The highest BCUT2D eigenvalue weighted by Gasteiger charge is 2.19. The highest BCUT2D eigenvalue weighted by atomic mass is 35.5. The van der Waals surface area contributed by atoms with E-state index >= 15 is 0 Å². The lowest BCUT2D eigenvalue weighted by Gasteiger charge is -2.16. The number of hydrogen-bond donors (Lipinski definition) is 1. The van der Waals surface area contributed by atoms with Crippen LogP contribution in [0, 0.1) is 6.92 Å². The molecule has 5 nitrogen and oxygen atoms in total. The van der Waals surface area contributed by atoms with Gasteiger partial charge in [-0.05, 0) is 31.5 Å².